The number of ether oxygens (including phenoxy) is 2. The Labute approximate surface area is 91.5 Å². The van der Waals surface area contributed by atoms with E-state index in [1.54, 1.807) is 19.4 Å². The van der Waals surface area contributed by atoms with E-state index >= 15 is 0 Å². The second-order valence-electron chi connectivity index (χ2n) is 2.75. The second-order valence-corrected chi connectivity index (χ2v) is 3.60. The Bertz CT molecular complexity index is 294. The van der Waals surface area contributed by atoms with E-state index in [0.717, 1.165) is 10.9 Å². The van der Waals surface area contributed by atoms with Crippen LogP contribution in [0.15, 0.2) is 16.7 Å². The van der Waals surface area contributed by atoms with Gasteiger partial charge in [0.15, 0.2) is 0 Å². The van der Waals surface area contributed by atoms with Crippen molar-refractivity contribution in [1.29, 1.82) is 0 Å². The Morgan fingerprint density at radius 3 is 2.93 bits per heavy atom. The van der Waals surface area contributed by atoms with E-state index in [9.17, 15) is 0 Å². The molecule has 0 amide bonds. The van der Waals surface area contributed by atoms with Gasteiger partial charge in [-0.1, -0.05) is 0 Å². The average Bonchev–Trinajstić information content (AvgIpc) is 2.15. The molecule has 0 bridgehead atoms. The Morgan fingerprint density at radius 1 is 1.50 bits per heavy atom. The maximum absolute atomic E-state index is 5.54. The van der Waals surface area contributed by atoms with Gasteiger partial charge >= 0.3 is 0 Å². The topological polar surface area (TPSA) is 57.4 Å². The van der Waals surface area contributed by atoms with Crippen LogP contribution in [0.5, 0.6) is 5.88 Å². The van der Waals surface area contributed by atoms with Gasteiger partial charge in [-0.25, -0.2) is 4.98 Å². The first kappa shape index (κ1) is 11.3. The van der Waals surface area contributed by atoms with E-state index < -0.39 is 0 Å². The van der Waals surface area contributed by atoms with Crippen LogP contribution in [0.4, 0.5) is 5.69 Å². The van der Waals surface area contributed by atoms with Gasteiger partial charge in [0.05, 0.1) is 23.0 Å². The molecule has 0 fully saturated rings. The molecule has 0 aliphatic heterocycles. The van der Waals surface area contributed by atoms with E-state index in [-0.39, 0.29) is 0 Å². The Balaban J connectivity index is 2.42. The van der Waals surface area contributed by atoms with Crippen LogP contribution in [0.1, 0.15) is 6.42 Å². The molecule has 0 aliphatic carbocycles. The van der Waals surface area contributed by atoms with Crippen molar-refractivity contribution in [2.75, 3.05) is 26.1 Å². The maximum Gasteiger partial charge on any atom is 0.228 e. The number of aromatic nitrogens is 1. The molecule has 1 aromatic rings. The number of pyridine rings is 1. The first-order chi connectivity index (χ1) is 6.74. The van der Waals surface area contributed by atoms with E-state index in [1.807, 2.05) is 0 Å². The highest BCUT2D eigenvalue weighted by Crippen LogP contribution is 2.23. The third-order valence-electron chi connectivity index (χ3n) is 1.56. The largest absolute Gasteiger partial charge is 0.477 e. The maximum atomic E-state index is 5.54. The highest BCUT2D eigenvalue weighted by molar-refractivity contribution is 9.10. The normalized spacial score (nSPS) is 10.1. The van der Waals surface area contributed by atoms with Gasteiger partial charge in [-0.05, 0) is 22.0 Å². The summed E-state index contributed by atoms with van der Waals surface area (Å²) in [5.41, 5.74) is 6.15. The van der Waals surface area contributed by atoms with Crippen molar-refractivity contribution in [1.82, 2.24) is 4.98 Å². The van der Waals surface area contributed by atoms with E-state index in [4.69, 9.17) is 15.2 Å². The molecule has 2 N–H and O–H groups in total. The lowest BCUT2D eigenvalue weighted by Gasteiger charge is -2.06. The molecule has 0 radical (unpaired) electrons. The number of nitrogen functional groups attached to an aromatic ring is 1. The number of nitrogens with zero attached hydrogens (tertiary/aromatic N) is 1. The minimum absolute atomic E-state index is 0.565. The minimum Gasteiger partial charge on any atom is -0.477 e. The monoisotopic (exact) mass is 260 g/mol. The summed E-state index contributed by atoms with van der Waals surface area (Å²) >= 11 is 3.32. The van der Waals surface area contributed by atoms with Crippen LogP contribution >= 0.6 is 15.9 Å². The first-order valence-electron chi connectivity index (χ1n) is 4.27. The molecule has 0 atom stereocenters. The second kappa shape index (κ2) is 5.82. The fourth-order valence-corrected chi connectivity index (χ4v) is 1.40. The van der Waals surface area contributed by atoms with Gasteiger partial charge in [-0.2, -0.15) is 0 Å². The molecule has 1 heterocycles. The minimum atomic E-state index is 0.565. The van der Waals surface area contributed by atoms with Gasteiger partial charge in [0, 0.05) is 20.1 Å². The third-order valence-corrected chi connectivity index (χ3v) is 2.13. The molecule has 78 valence electrons. The van der Waals surface area contributed by atoms with Crippen molar-refractivity contribution < 1.29 is 9.47 Å². The molecular weight excluding hydrogens is 248 g/mol. The quantitative estimate of drug-likeness (QED) is 0.821. The lowest BCUT2D eigenvalue weighted by Crippen LogP contribution is -2.03. The molecule has 0 spiro atoms. The standard InChI is InChI=1S/C9H13BrN2O2/c1-13-3-2-4-14-9-8(10)5-7(11)6-12-9/h5-6H,2-4,11H2,1H3. The number of halogens is 1. The average molecular weight is 261 g/mol. The Hall–Kier alpha value is -0.810. The summed E-state index contributed by atoms with van der Waals surface area (Å²) < 4.78 is 11.1. The molecule has 0 saturated heterocycles. The van der Waals surface area contributed by atoms with Gasteiger partial charge in [-0.3, -0.25) is 0 Å². The van der Waals surface area contributed by atoms with Gasteiger partial charge in [0.1, 0.15) is 0 Å². The lowest BCUT2D eigenvalue weighted by molar-refractivity contribution is 0.170. The zero-order valence-electron chi connectivity index (χ0n) is 8.00. The van der Waals surface area contributed by atoms with Crippen molar-refractivity contribution in [2.45, 2.75) is 6.42 Å². The van der Waals surface area contributed by atoms with Crippen LogP contribution in [0.25, 0.3) is 0 Å². The van der Waals surface area contributed by atoms with Crippen molar-refractivity contribution in [3.63, 3.8) is 0 Å². The van der Waals surface area contributed by atoms with Gasteiger partial charge < -0.3 is 15.2 Å². The molecule has 5 heteroatoms. The van der Waals surface area contributed by atoms with Crippen LogP contribution in [0.3, 0.4) is 0 Å². The summed E-state index contributed by atoms with van der Waals surface area (Å²) in [6, 6.07) is 1.76. The fraction of sp³-hybridized carbons (Fsp3) is 0.444. The highest BCUT2D eigenvalue weighted by atomic mass is 79.9. The summed E-state index contributed by atoms with van der Waals surface area (Å²) in [4.78, 5) is 4.04. The number of hydrogen-bond acceptors (Lipinski definition) is 4. The Morgan fingerprint density at radius 2 is 2.29 bits per heavy atom. The van der Waals surface area contributed by atoms with Gasteiger partial charge in [-0.15, -0.1) is 0 Å². The molecule has 1 aromatic heterocycles. The summed E-state index contributed by atoms with van der Waals surface area (Å²) in [6.45, 7) is 1.27. The summed E-state index contributed by atoms with van der Waals surface area (Å²) in [7, 11) is 1.66. The zero-order valence-corrected chi connectivity index (χ0v) is 9.58. The van der Waals surface area contributed by atoms with E-state index in [0.29, 0.717) is 24.8 Å². The molecule has 0 saturated carbocycles. The number of methoxy groups -OCH3 is 1. The van der Waals surface area contributed by atoms with Gasteiger partial charge in [0.25, 0.3) is 0 Å². The van der Waals surface area contributed by atoms with Gasteiger partial charge in [0.2, 0.25) is 5.88 Å². The van der Waals surface area contributed by atoms with Crippen molar-refractivity contribution in [3.05, 3.63) is 16.7 Å². The predicted molar refractivity (Wildman–Crippen MR) is 58.3 cm³/mol. The number of hydrogen-bond donors (Lipinski definition) is 1. The van der Waals surface area contributed by atoms with E-state index in [2.05, 4.69) is 20.9 Å². The SMILES string of the molecule is COCCCOc1ncc(N)cc1Br. The number of rotatable bonds is 5. The number of nitrogens with two attached hydrogens (primary N) is 1. The first-order valence-corrected chi connectivity index (χ1v) is 5.06. The van der Waals surface area contributed by atoms with Crippen LogP contribution < -0.4 is 10.5 Å². The van der Waals surface area contributed by atoms with Crippen molar-refractivity contribution in [3.8, 4) is 5.88 Å². The van der Waals surface area contributed by atoms with Crippen molar-refractivity contribution in [2.24, 2.45) is 0 Å². The summed E-state index contributed by atoms with van der Waals surface area (Å²) in [6.07, 6.45) is 2.41. The van der Waals surface area contributed by atoms with Crippen LogP contribution in [-0.2, 0) is 4.74 Å². The Kier molecular flexibility index (Phi) is 4.69. The van der Waals surface area contributed by atoms with E-state index in [1.165, 1.54) is 0 Å². The number of anilines is 1. The summed E-state index contributed by atoms with van der Waals surface area (Å²) in [5.74, 6) is 0.565. The lowest BCUT2D eigenvalue weighted by atomic mass is 10.4. The van der Waals surface area contributed by atoms with Crippen LogP contribution in [0, 0.1) is 0 Å². The van der Waals surface area contributed by atoms with Crippen molar-refractivity contribution >= 4 is 21.6 Å². The fourth-order valence-electron chi connectivity index (χ4n) is 0.918. The summed E-state index contributed by atoms with van der Waals surface area (Å²) in [5, 5.41) is 0. The molecule has 0 unspecified atom stereocenters. The molecule has 1 rings (SSSR count). The van der Waals surface area contributed by atoms with Crippen LogP contribution in [-0.4, -0.2) is 25.3 Å². The highest BCUT2D eigenvalue weighted by Gasteiger charge is 2.02. The smallest absolute Gasteiger partial charge is 0.228 e. The molecule has 14 heavy (non-hydrogen) atoms. The molecule has 0 aromatic carbocycles. The van der Waals surface area contributed by atoms with Crippen LogP contribution in [0.2, 0.25) is 0 Å². The zero-order chi connectivity index (χ0) is 10.4. The molecular formula is C9H13BrN2O2. The predicted octanol–water partition coefficient (Wildman–Crippen LogP) is 1.84. The third kappa shape index (κ3) is 3.51. The molecule has 0 aliphatic rings. The molecule has 4 nitrogen and oxygen atoms in total.